The molecule has 0 atom stereocenters. The molecule has 5 aromatic rings. The van der Waals surface area contributed by atoms with Gasteiger partial charge >= 0.3 is 0 Å². The predicted octanol–water partition coefficient (Wildman–Crippen LogP) is 6.35. The van der Waals surface area contributed by atoms with Gasteiger partial charge in [0.15, 0.2) is 0 Å². The standard InChI is InChI=1S/C28H23N3O3S2/c1-19-8-17-25-26(18-19)35-28(30-25)21-9-13-22(14-10-21)29-27(32)20-11-15-23(16-12-20)31(2)36(33,34)24-6-4-3-5-7-24/h3-18H,1-2H3,(H,29,32). The molecule has 180 valence electrons. The number of carbonyl (C=O) groups excluding carboxylic acids is 1. The van der Waals surface area contributed by atoms with E-state index in [1.54, 1.807) is 65.9 Å². The maximum Gasteiger partial charge on any atom is 0.264 e. The molecule has 0 radical (unpaired) electrons. The van der Waals surface area contributed by atoms with Crippen molar-refractivity contribution in [2.45, 2.75) is 11.8 Å². The molecule has 0 saturated heterocycles. The van der Waals surface area contributed by atoms with Crippen molar-refractivity contribution < 1.29 is 13.2 Å². The Balaban J connectivity index is 1.28. The van der Waals surface area contributed by atoms with Gasteiger partial charge in [-0.05, 0) is 85.3 Å². The van der Waals surface area contributed by atoms with Crippen molar-refractivity contribution in [2.24, 2.45) is 0 Å². The molecule has 8 heteroatoms. The molecule has 5 rings (SSSR count). The number of thiazole rings is 1. The third-order valence-corrected chi connectivity index (χ3v) is 8.70. The third kappa shape index (κ3) is 4.73. The van der Waals surface area contributed by atoms with Crippen molar-refractivity contribution in [3.8, 4) is 10.6 Å². The summed E-state index contributed by atoms with van der Waals surface area (Å²) < 4.78 is 28.0. The number of carbonyl (C=O) groups is 1. The number of hydrogen-bond donors (Lipinski definition) is 1. The molecule has 1 aromatic heterocycles. The average molecular weight is 514 g/mol. The van der Waals surface area contributed by atoms with Crippen molar-refractivity contribution in [1.29, 1.82) is 0 Å². The molecule has 0 aliphatic heterocycles. The van der Waals surface area contributed by atoms with Crippen LogP contribution in [0.25, 0.3) is 20.8 Å². The van der Waals surface area contributed by atoms with Gasteiger partial charge in [0, 0.05) is 23.9 Å². The van der Waals surface area contributed by atoms with E-state index in [2.05, 4.69) is 24.4 Å². The van der Waals surface area contributed by atoms with Crippen LogP contribution in [0.1, 0.15) is 15.9 Å². The summed E-state index contributed by atoms with van der Waals surface area (Å²) in [4.78, 5) is 17.7. The van der Waals surface area contributed by atoms with Gasteiger partial charge in [0.05, 0.1) is 20.8 Å². The van der Waals surface area contributed by atoms with E-state index in [4.69, 9.17) is 4.98 Å². The van der Waals surface area contributed by atoms with E-state index in [0.717, 1.165) is 20.8 Å². The van der Waals surface area contributed by atoms with Crippen LogP contribution in [0.5, 0.6) is 0 Å². The van der Waals surface area contributed by atoms with Gasteiger partial charge < -0.3 is 5.32 Å². The summed E-state index contributed by atoms with van der Waals surface area (Å²) in [5.74, 6) is -0.279. The Morgan fingerprint density at radius 2 is 1.58 bits per heavy atom. The molecule has 0 unspecified atom stereocenters. The molecule has 0 saturated carbocycles. The number of fused-ring (bicyclic) bond motifs is 1. The molecule has 1 heterocycles. The van der Waals surface area contributed by atoms with Gasteiger partial charge in [-0.2, -0.15) is 0 Å². The Morgan fingerprint density at radius 1 is 0.889 bits per heavy atom. The summed E-state index contributed by atoms with van der Waals surface area (Å²) in [5.41, 5.74) is 4.71. The Morgan fingerprint density at radius 3 is 2.28 bits per heavy atom. The maximum atomic E-state index is 12.8. The van der Waals surface area contributed by atoms with Crippen LogP contribution < -0.4 is 9.62 Å². The lowest BCUT2D eigenvalue weighted by Crippen LogP contribution is -2.26. The van der Waals surface area contributed by atoms with E-state index >= 15 is 0 Å². The molecule has 4 aromatic carbocycles. The molecule has 6 nitrogen and oxygen atoms in total. The van der Waals surface area contributed by atoms with Crippen LogP contribution in [0.3, 0.4) is 0 Å². The maximum absolute atomic E-state index is 12.8. The Labute approximate surface area is 213 Å². The van der Waals surface area contributed by atoms with Crippen LogP contribution in [0.15, 0.2) is 102 Å². The van der Waals surface area contributed by atoms with Crippen molar-refractivity contribution >= 4 is 48.9 Å². The zero-order chi connectivity index (χ0) is 25.3. The van der Waals surface area contributed by atoms with Crippen LogP contribution in [-0.2, 0) is 10.0 Å². The summed E-state index contributed by atoms with van der Waals surface area (Å²) in [5, 5.41) is 3.82. The Hall–Kier alpha value is -4.01. The number of nitrogens with one attached hydrogen (secondary N) is 1. The van der Waals surface area contributed by atoms with Crippen LogP contribution in [0.2, 0.25) is 0 Å². The minimum absolute atomic E-state index is 0.207. The first-order chi connectivity index (χ1) is 17.3. The van der Waals surface area contributed by atoms with E-state index in [1.807, 2.05) is 30.3 Å². The van der Waals surface area contributed by atoms with Gasteiger partial charge in [-0.25, -0.2) is 13.4 Å². The molecule has 0 bridgehead atoms. The number of sulfonamides is 1. The second-order valence-electron chi connectivity index (χ2n) is 8.35. The normalized spacial score (nSPS) is 11.4. The molecule has 0 spiro atoms. The molecular formula is C28H23N3O3S2. The minimum Gasteiger partial charge on any atom is -0.322 e. The van der Waals surface area contributed by atoms with Gasteiger partial charge in [0.25, 0.3) is 15.9 Å². The highest BCUT2D eigenvalue weighted by molar-refractivity contribution is 7.92. The number of nitrogens with zero attached hydrogens (tertiary/aromatic N) is 2. The summed E-state index contributed by atoms with van der Waals surface area (Å²) >= 11 is 1.64. The second-order valence-corrected chi connectivity index (χ2v) is 11.4. The number of rotatable bonds is 6. The highest BCUT2D eigenvalue weighted by Gasteiger charge is 2.21. The average Bonchev–Trinajstić information content (AvgIpc) is 3.32. The van der Waals surface area contributed by atoms with Crippen molar-refractivity contribution in [3.63, 3.8) is 0 Å². The monoisotopic (exact) mass is 513 g/mol. The lowest BCUT2D eigenvalue weighted by molar-refractivity contribution is 0.102. The van der Waals surface area contributed by atoms with E-state index in [0.29, 0.717) is 16.9 Å². The van der Waals surface area contributed by atoms with Crippen LogP contribution >= 0.6 is 11.3 Å². The van der Waals surface area contributed by atoms with E-state index in [9.17, 15) is 13.2 Å². The summed E-state index contributed by atoms with van der Waals surface area (Å²) in [7, 11) is -2.19. The molecule has 36 heavy (non-hydrogen) atoms. The van der Waals surface area contributed by atoms with Crippen LogP contribution in [0.4, 0.5) is 11.4 Å². The fourth-order valence-corrected chi connectivity index (χ4v) is 6.05. The van der Waals surface area contributed by atoms with E-state index < -0.39 is 10.0 Å². The summed E-state index contributed by atoms with van der Waals surface area (Å²) in [6.45, 7) is 2.06. The molecular weight excluding hydrogens is 490 g/mol. The van der Waals surface area contributed by atoms with Gasteiger partial charge in [0.2, 0.25) is 0 Å². The Bertz CT molecular complexity index is 1640. The fraction of sp³-hybridized carbons (Fsp3) is 0.0714. The first-order valence-corrected chi connectivity index (χ1v) is 13.5. The second kappa shape index (κ2) is 9.56. The number of aryl methyl sites for hydroxylation is 1. The van der Waals surface area contributed by atoms with Gasteiger partial charge in [0.1, 0.15) is 5.01 Å². The van der Waals surface area contributed by atoms with Gasteiger partial charge in [-0.1, -0.05) is 24.3 Å². The molecule has 0 aliphatic carbocycles. The summed E-state index contributed by atoms with van der Waals surface area (Å²) in [6.07, 6.45) is 0. The first kappa shape index (κ1) is 23.7. The molecule has 1 N–H and O–H groups in total. The van der Waals surface area contributed by atoms with E-state index in [1.165, 1.54) is 16.9 Å². The van der Waals surface area contributed by atoms with Crippen molar-refractivity contribution in [2.75, 3.05) is 16.7 Å². The molecule has 0 aliphatic rings. The first-order valence-electron chi connectivity index (χ1n) is 11.2. The fourth-order valence-electron chi connectivity index (χ4n) is 3.77. The Kier molecular flexibility index (Phi) is 6.30. The highest BCUT2D eigenvalue weighted by Crippen LogP contribution is 2.31. The third-order valence-electron chi connectivity index (χ3n) is 5.83. The van der Waals surface area contributed by atoms with Crippen molar-refractivity contribution in [3.05, 3.63) is 108 Å². The zero-order valence-corrected chi connectivity index (χ0v) is 21.3. The smallest absolute Gasteiger partial charge is 0.264 e. The van der Waals surface area contributed by atoms with E-state index in [-0.39, 0.29) is 10.8 Å². The van der Waals surface area contributed by atoms with Crippen LogP contribution in [-0.4, -0.2) is 26.4 Å². The zero-order valence-electron chi connectivity index (χ0n) is 19.7. The number of benzene rings is 4. The van der Waals surface area contributed by atoms with Gasteiger partial charge in [-0.3, -0.25) is 9.10 Å². The lowest BCUT2D eigenvalue weighted by atomic mass is 10.1. The lowest BCUT2D eigenvalue weighted by Gasteiger charge is -2.19. The van der Waals surface area contributed by atoms with Gasteiger partial charge in [-0.15, -0.1) is 11.3 Å². The van der Waals surface area contributed by atoms with Crippen molar-refractivity contribution in [1.82, 2.24) is 4.98 Å². The number of hydrogen-bond acceptors (Lipinski definition) is 5. The number of anilines is 2. The molecule has 0 fully saturated rings. The quantitative estimate of drug-likeness (QED) is 0.287. The minimum atomic E-state index is -3.68. The topological polar surface area (TPSA) is 79.4 Å². The molecule has 1 amide bonds. The highest BCUT2D eigenvalue weighted by atomic mass is 32.2. The number of amides is 1. The summed E-state index contributed by atoms with van der Waals surface area (Å²) in [6, 6.07) is 28.5. The SMILES string of the molecule is Cc1ccc2nc(-c3ccc(NC(=O)c4ccc(N(C)S(=O)(=O)c5ccccc5)cc4)cc3)sc2c1. The predicted molar refractivity (Wildman–Crippen MR) is 146 cm³/mol. The largest absolute Gasteiger partial charge is 0.322 e. The number of aromatic nitrogens is 1. The van der Waals surface area contributed by atoms with Crippen LogP contribution in [0, 0.1) is 6.92 Å².